The zero-order chi connectivity index (χ0) is 18.7. The van der Waals surface area contributed by atoms with Crippen LogP contribution in [0.4, 0.5) is 0 Å². The highest BCUT2D eigenvalue weighted by molar-refractivity contribution is 7.92. The Morgan fingerprint density at radius 1 is 1.32 bits per heavy atom. The quantitative estimate of drug-likeness (QED) is 0.624. The van der Waals surface area contributed by atoms with Crippen LogP contribution < -0.4 is 0 Å². The Kier molecular flexibility index (Phi) is 6.17. The van der Waals surface area contributed by atoms with E-state index in [4.69, 9.17) is 0 Å². The number of carbonyl (C=O) groups excluding carboxylic acids is 1. The zero-order valence-electron chi connectivity index (χ0n) is 14.3. The monoisotopic (exact) mass is 389 g/mol. The second-order valence-electron chi connectivity index (χ2n) is 6.29. The van der Waals surface area contributed by atoms with Gasteiger partial charge in [0.05, 0.1) is 24.3 Å². The van der Waals surface area contributed by atoms with Crippen molar-refractivity contribution in [2.75, 3.05) is 37.9 Å². The molecule has 140 valence electrons. The predicted octanol–water partition coefficient (Wildman–Crippen LogP) is -0.469. The molecule has 1 aromatic rings. The summed E-state index contributed by atoms with van der Waals surface area (Å²) in [6, 6.07) is 3.03. The molecule has 2 heterocycles. The Bertz CT molecular complexity index is 809. The number of sulfone groups is 1. The maximum Gasteiger partial charge on any atom is 0.237 e. The van der Waals surface area contributed by atoms with Crippen LogP contribution in [0.2, 0.25) is 0 Å². The van der Waals surface area contributed by atoms with Crippen molar-refractivity contribution in [3.63, 3.8) is 0 Å². The van der Waals surface area contributed by atoms with Gasteiger partial charge in [0.15, 0.2) is 9.84 Å². The first kappa shape index (κ1) is 19.8. The summed E-state index contributed by atoms with van der Waals surface area (Å²) in [7, 11) is -5.31. The topological polar surface area (TPSA) is 105 Å². The van der Waals surface area contributed by atoms with Gasteiger partial charge in [0.2, 0.25) is 15.9 Å². The summed E-state index contributed by atoms with van der Waals surface area (Å²) in [5.41, 5.74) is 1.02. The fourth-order valence-corrected chi connectivity index (χ4v) is 5.64. The van der Waals surface area contributed by atoms with Gasteiger partial charge in [0.1, 0.15) is 0 Å². The molecule has 0 saturated carbocycles. The number of hydrogen-bond acceptors (Lipinski definition) is 6. The number of nitrogens with zero attached hydrogens (tertiary/aromatic N) is 3. The molecule has 1 saturated heterocycles. The van der Waals surface area contributed by atoms with Crippen molar-refractivity contribution in [1.29, 1.82) is 0 Å². The molecule has 1 aromatic heterocycles. The second kappa shape index (κ2) is 7.79. The fraction of sp³-hybridized carbons (Fsp3) is 0.600. The normalized spacial score (nSPS) is 19.9. The van der Waals surface area contributed by atoms with Crippen LogP contribution in [0.1, 0.15) is 12.0 Å². The minimum absolute atomic E-state index is 0.0459. The lowest BCUT2D eigenvalue weighted by atomic mass is 10.2. The largest absolute Gasteiger partial charge is 0.344 e. The van der Waals surface area contributed by atoms with Gasteiger partial charge in [-0.3, -0.25) is 9.78 Å². The van der Waals surface area contributed by atoms with Crippen LogP contribution in [0.3, 0.4) is 0 Å². The summed E-state index contributed by atoms with van der Waals surface area (Å²) in [4.78, 5) is 17.8. The molecule has 2 rings (SSSR count). The summed E-state index contributed by atoms with van der Waals surface area (Å²) >= 11 is 0. The van der Waals surface area contributed by atoms with Crippen LogP contribution in [0.25, 0.3) is 0 Å². The highest BCUT2D eigenvalue weighted by Gasteiger charge is 2.37. The molecule has 0 spiro atoms. The Hall–Kier alpha value is -1.52. The molecule has 1 atom stereocenters. The van der Waals surface area contributed by atoms with Crippen LogP contribution in [0.5, 0.6) is 0 Å². The summed E-state index contributed by atoms with van der Waals surface area (Å²) in [6.45, 7) is 0.0925. The molecule has 1 aliphatic rings. The molecule has 8 nitrogen and oxygen atoms in total. The van der Waals surface area contributed by atoms with Gasteiger partial charge in [0, 0.05) is 32.0 Å². The first-order valence-electron chi connectivity index (χ1n) is 7.88. The first-order chi connectivity index (χ1) is 11.6. The second-order valence-corrected chi connectivity index (χ2v) is 10.4. The van der Waals surface area contributed by atoms with Gasteiger partial charge in [-0.25, -0.2) is 16.8 Å². The van der Waals surface area contributed by atoms with Crippen LogP contribution in [-0.2, 0) is 31.1 Å². The smallest absolute Gasteiger partial charge is 0.237 e. The van der Waals surface area contributed by atoms with Gasteiger partial charge >= 0.3 is 0 Å². The molecule has 1 fully saturated rings. The zero-order valence-corrected chi connectivity index (χ0v) is 16.0. The van der Waals surface area contributed by atoms with Crippen LogP contribution in [-0.4, -0.2) is 80.9 Å². The van der Waals surface area contributed by atoms with E-state index in [1.807, 2.05) is 12.1 Å². The van der Waals surface area contributed by atoms with E-state index in [0.717, 1.165) is 16.1 Å². The van der Waals surface area contributed by atoms with Crippen LogP contribution in [0.15, 0.2) is 24.5 Å². The molecule has 0 radical (unpaired) electrons. The van der Waals surface area contributed by atoms with Crippen molar-refractivity contribution in [3.8, 4) is 0 Å². The minimum atomic E-state index is -3.68. The summed E-state index contributed by atoms with van der Waals surface area (Å²) in [5, 5.41) is 0. The van der Waals surface area contributed by atoms with Crippen molar-refractivity contribution >= 4 is 25.8 Å². The number of aromatic nitrogens is 1. The van der Waals surface area contributed by atoms with Crippen molar-refractivity contribution in [3.05, 3.63) is 30.1 Å². The van der Waals surface area contributed by atoms with Crippen molar-refractivity contribution in [2.45, 2.75) is 18.9 Å². The number of sulfonamides is 1. The van der Waals surface area contributed by atoms with E-state index in [2.05, 4.69) is 4.98 Å². The summed E-state index contributed by atoms with van der Waals surface area (Å²) < 4.78 is 48.3. The number of pyridine rings is 1. The molecule has 0 aliphatic carbocycles. The Labute approximate surface area is 148 Å². The lowest BCUT2D eigenvalue weighted by molar-refractivity contribution is -0.130. The molecule has 10 heteroatoms. The van der Waals surface area contributed by atoms with E-state index in [0.29, 0.717) is 13.0 Å². The van der Waals surface area contributed by atoms with Gasteiger partial charge in [-0.1, -0.05) is 0 Å². The summed E-state index contributed by atoms with van der Waals surface area (Å²) in [5.74, 6) is -0.632. The molecule has 1 amide bonds. The van der Waals surface area contributed by atoms with Gasteiger partial charge < -0.3 is 4.90 Å². The molecule has 25 heavy (non-hydrogen) atoms. The molecule has 0 aromatic carbocycles. The average molecular weight is 389 g/mol. The summed E-state index contributed by atoms with van der Waals surface area (Å²) in [6.07, 6.45) is 5.19. The highest BCUT2D eigenvalue weighted by atomic mass is 32.2. The van der Waals surface area contributed by atoms with Gasteiger partial charge in [0.25, 0.3) is 0 Å². The first-order valence-corrected chi connectivity index (χ1v) is 11.6. The van der Waals surface area contributed by atoms with E-state index in [-0.39, 0.29) is 30.4 Å². The molecular weight excluding hydrogens is 366 g/mol. The van der Waals surface area contributed by atoms with E-state index in [9.17, 15) is 21.6 Å². The molecule has 0 bridgehead atoms. The predicted molar refractivity (Wildman–Crippen MR) is 94.2 cm³/mol. The fourth-order valence-electron chi connectivity index (χ4n) is 2.74. The number of rotatable bonds is 7. The maximum atomic E-state index is 12.4. The van der Waals surface area contributed by atoms with Crippen LogP contribution >= 0.6 is 0 Å². The minimum Gasteiger partial charge on any atom is -0.344 e. The third kappa shape index (κ3) is 5.75. The maximum absolute atomic E-state index is 12.4. The number of likely N-dealkylation sites (N-methyl/N-ethyl adjacent to an activating group) is 1. The Morgan fingerprint density at radius 2 is 1.96 bits per heavy atom. The SMILES string of the molecule is CN(CCc1ccncc1)C(=O)CN(C1CCS(=O)(=O)C1)S(C)(=O)=O. The third-order valence-electron chi connectivity index (χ3n) is 4.24. The van der Waals surface area contributed by atoms with E-state index in [1.54, 1.807) is 19.4 Å². The molecule has 0 N–H and O–H groups in total. The van der Waals surface area contributed by atoms with Crippen LogP contribution in [0, 0.1) is 0 Å². The number of carbonyl (C=O) groups is 1. The average Bonchev–Trinajstić information content (AvgIpc) is 2.89. The van der Waals surface area contributed by atoms with Crippen molar-refractivity contribution in [2.24, 2.45) is 0 Å². The van der Waals surface area contributed by atoms with E-state index >= 15 is 0 Å². The van der Waals surface area contributed by atoms with Gasteiger partial charge in [-0.2, -0.15) is 4.31 Å². The molecule has 1 unspecified atom stereocenters. The third-order valence-corrected chi connectivity index (χ3v) is 7.27. The number of amides is 1. The standard InChI is InChI=1S/C15H23N3O5S2/c1-17(9-5-13-3-7-16-8-4-13)15(19)11-18(24(2,20)21)14-6-10-25(22,23)12-14/h3-4,7-8,14H,5-6,9-12H2,1-2H3. The lowest BCUT2D eigenvalue weighted by Crippen LogP contribution is -2.47. The Balaban J connectivity index is 1.99. The molecular formula is C15H23N3O5S2. The van der Waals surface area contributed by atoms with Crippen molar-refractivity contribution < 1.29 is 21.6 Å². The number of hydrogen-bond donors (Lipinski definition) is 0. The highest BCUT2D eigenvalue weighted by Crippen LogP contribution is 2.20. The molecule has 1 aliphatic heterocycles. The van der Waals surface area contributed by atoms with Crippen molar-refractivity contribution in [1.82, 2.24) is 14.2 Å². The van der Waals surface area contributed by atoms with Gasteiger partial charge in [-0.05, 0) is 30.5 Å². The van der Waals surface area contributed by atoms with E-state index in [1.165, 1.54) is 4.90 Å². The van der Waals surface area contributed by atoms with Gasteiger partial charge in [-0.15, -0.1) is 0 Å². The lowest BCUT2D eigenvalue weighted by Gasteiger charge is -2.27. The van der Waals surface area contributed by atoms with E-state index < -0.39 is 25.9 Å². The Morgan fingerprint density at radius 3 is 2.48 bits per heavy atom.